The smallest absolute Gasteiger partial charge is 0.391 e. The van der Waals surface area contributed by atoms with Crippen molar-refractivity contribution in [3.8, 4) is 0 Å². The number of carbonyl (C=O) groups is 1. The quantitative estimate of drug-likeness (QED) is 0.632. The normalized spacial score (nSPS) is 20.8. The average molecular weight is 439 g/mol. The van der Waals surface area contributed by atoms with Gasteiger partial charge in [0.05, 0.1) is 30.0 Å². The molecule has 1 fully saturated rings. The number of nitrogens with zero attached hydrogens (tertiary/aromatic N) is 5. The maximum Gasteiger partial charge on any atom is 0.396 e. The molecule has 2 aromatic rings. The number of hydrogen-bond acceptors (Lipinski definition) is 7. The van der Waals surface area contributed by atoms with E-state index < -0.39 is 23.7 Å². The average Bonchev–Trinajstić information content (AvgIpc) is 3.32. The zero-order valence-corrected chi connectivity index (χ0v) is 17.4. The summed E-state index contributed by atoms with van der Waals surface area (Å²) in [5.41, 5.74) is 0.0658. The van der Waals surface area contributed by atoms with Crippen LogP contribution < -0.4 is 15.5 Å². The van der Waals surface area contributed by atoms with Crippen molar-refractivity contribution in [3.63, 3.8) is 0 Å². The van der Waals surface area contributed by atoms with E-state index in [1.54, 1.807) is 25.1 Å². The molecule has 2 atom stereocenters. The van der Waals surface area contributed by atoms with Crippen molar-refractivity contribution in [1.82, 2.24) is 19.7 Å². The van der Waals surface area contributed by atoms with Gasteiger partial charge in [-0.05, 0) is 26.7 Å². The van der Waals surface area contributed by atoms with Gasteiger partial charge in [-0.2, -0.15) is 23.3 Å². The van der Waals surface area contributed by atoms with Gasteiger partial charge < -0.3 is 20.6 Å². The maximum absolute atomic E-state index is 13.2. The van der Waals surface area contributed by atoms with Crippen LogP contribution in [-0.4, -0.2) is 56.1 Å². The van der Waals surface area contributed by atoms with E-state index in [-0.39, 0.29) is 31.8 Å². The lowest BCUT2D eigenvalue weighted by atomic mass is 10.1. The lowest BCUT2D eigenvalue weighted by Crippen LogP contribution is -2.52. The van der Waals surface area contributed by atoms with Crippen LogP contribution in [0.4, 0.5) is 30.6 Å². The van der Waals surface area contributed by atoms with Crippen LogP contribution in [0, 0.1) is 12.3 Å². The van der Waals surface area contributed by atoms with Crippen molar-refractivity contribution in [2.24, 2.45) is 5.41 Å². The second-order valence-electron chi connectivity index (χ2n) is 8.29. The Balaban J connectivity index is 1.46. The van der Waals surface area contributed by atoms with Crippen molar-refractivity contribution in [3.05, 3.63) is 23.7 Å². The van der Waals surface area contributed by atoms with Gasteiger partial charge in [-0.3, -0.25) is 9.48 Å². The molecule has 0 saturated heterocycles. The number of anilines is 3. The van der Waals surface area contributed by atoms with Crippen molar-refractivity contribution < 1.29 is 23.1 Å². The van der Waals surface area contributed by atoms with Crippen LogP contribution in [0.5, 0.6) is 0 Å². The second kappa shape index (κ2) is 7.36. The molecule has 2 aromatic heterocycles. The van der Waals surface area contributed by atoms with E-state index in [0.29, 0.717) is 28.7 Å². The molecule has 168 valence electrons. The van der Waals surface area contributed by atoms with Crippen LogP contribution in [0.25, 0.3) is 0 Å². The zero-order valence-electron chi connectivity index (χ0n) is 17.4. The fraction of sp³-hybridized carbons (Fsp3) is 0.579. The maximum atomic E-state index is 13.2. The fourth-order valence-corrected chi connectivity index (χ4v) is 3.84. The molecule has 1 aliphatic heterocycles. The molecule has 0 aromatic carbocycles. The van der Waals surface area contributed by atoms with Crippen molar-refractivity contribution in [2.75, 3.05) is 22.6 Å². The molecule has 3 heterocycles. The summed E-state index contributed by atoms with van der Waals surface area (Å²) in [6.07, 6.45) is -1.77. The number of aliphatic hydroxyl groups excluding tert-OH is 1. The number of fused-ring (bicyclic) bond motifs is 1. The molecule has 2 aliphatic rings. The minimum absolute atomic E-state index is 0.129. The summed E-state index contributed by atoms with van der Waals surface area (Å²) < 4.78 is 40.8. The number of aliphatic hydroxyl groups is 1. The third-order valence-corrected chi connectivity index (χ3v) is 5.85. The first-order chi connectivity index (χ1) is 14.5. The Morgan fingerprint density at radius 3 is 2.71 bits per heavy atom. The molecule has 0 bridgehead atoms. The standard InChI is InChI=1S/C19H24F3N7O2/c1-10-13-15(28(3)14(11(2)30)16(31)26-13)27-17(25-10)23-6-12-7-24-29(8-12)9-18(4-5-18)19(20,21)22/h7-8,11,14,30H,4-6,9H2,1-3H3,(H,26,31)(H,23,25,27)/t11-,14+/m1/s1. The van der Waals surface area contributed by atoms with Gasteiger partial charge in [0.2, 0.25) is 11.9 Å². The minimum atomic E-state index is -4.22. The highest BCUT2D eigenvalue weighted by atomic mass is 19.4. The summed E-state index contributed by atoms with van der Waals surface area (Å²) in [5, 5.41) is 19.8. The summed E-state index contributed by atoms with van der Waals surface area (Å²) in [4.78, 5) is 22.7. The monoisotopic (exact) mass is 439 g/mol. The summed E-state index contributed by atoms with van der Waals surface area (Å²) in [6.45, 7) is 3.34. The molecule has 12 heteroatoms. The third-order valence-electron chi connectivity index (χ3n) is 5.85. The topological polar surface area (TPSA) is 108 Å². The van der Waals surface area contributed by atoms with Crippen LogP contribution in [0.3, 0.4) is 0 Å². The highest BCUT2D eigenvalue weighted by Gasteiger charge is 2.63. The number of alkyl halides is 3. The Kier molecular flexibility index (Phi) is 5.07. The molecular formula is C19H24F3N7O2. The van der Waals surface area contributed by atoms with Crippen molar-refractivity contribution >= 4 is 23.4 Å². The number of halogens is 3. The first kappa shape index (κ1) is 21.3. The minimum Gasteiger partial charge on any atom is -0.391 e. The second-order valence-corrected chi connectivity index (χ2v) is 8.29. The van der Waals surface area contributed by atoms with Crippen LogP contribution in [-0.2, 0) is 17.9 Å². The Labute approximate surface area is 176 Å². The number of aryl methyl sites for hydroxylation is 1. The van der Waals surface area contributed by atoms with E-state index in [9.17, 15) is 23.1 Å². The lowest BCUT2D eigenvalue weighted by Gasteiger charge is -2.36. The van der Waals surface area contributed by atoms with Gasteiger partial charge in [0, 0.05) is 25.4 Å². The van der Waals surface area contributed by atoms with E-state index >= 15 is 0 Å². The zero-order chi connectivity index (χ0) is 22.6. The van der Waals surface area contributed by atoms with Gasteiger partial charge in [-0.15, -0.1) is 0 Å². The van der Waals surface area contributed by atoms with Crippen molar-refractivity contribution in [2.45, 2.75) is 58.1 Å². The summed E-state index contributed by atoms with van der Waals surface area (Å²) in [6, 6.07) is -0.781. The molecule has 31 heavy (non-hydrogen) atoms. The van der Waals surface area contributed by atoms with Crippen molar-refractivity contribution in [1.29, 1.82) is 0 Å². The highest BCUT2D eigenvalue weighted by molar-refractivity contribution is 6.03. The van der Waals surface area contributed by atoms with E-state index in [1.807, 2.05) is 0 Å². The first-order valence-electron chi connectivity index (χ1n) is 9.93. The molecule has 0 radical (unpaired) electrons. The largest absolute Gasteiger partial charge is 0.396 e. The van der Waals surface area contributed by atoms with E-state index in [0.717, 1.165) is 0 Å². The number of rotatable bonds is 6. The predicted octanol–water partition coefficient (Wildman–Crippen LogP) is 2.07. The van der Waals surface area contributed by atoms with E-state index in [1.165, 1.54) is 17.8 Å². The van der Waals surface area contributed by atoms with E-state index in [2.05, 4.69) is 25.7 Å². The molecular weight excluding hydrogens is 415 g/mol. The predicted molar refractivity (Wildman–Crippen MR) is 107 cm³/mol. The Bertz CT molecular complexity index is 1000. The number of carbonyl (C=O) groups excluding carboxylic acids is 1. The molecule has 4 rings (SSSR count). The highest BCUT2D eigenvalue weighted by Crippen LogP contribution is 2.58. The molecule has 1 aliphatic carbocycles. The SMILES string of the molecule is Cc1nc(NCc2cnn(CC3(C(F)(F)F)CC3)c2)nc2c1NC(=O)[C@H]([C@@H](C)O)N2C. The van der Waals surface area contributed by atoms with Crippen LogP contribution >= 0.6 is 0 Å². The number of hydrogen-bond donors (Lipinski definition) is 3. The van der Waals surface area contributed by atoms with Crippen LogP contribution in [0.2, 0.25) is 0 Å². The van der Waals surface area contributed by atoms with Gasteiger partial charge in [-0.1, -0.05) is 0 Å². The Morgan fingerprint density at radius 2 is 2.10 bits per heavy atom. The molecule has 1 amide bonds. The van der Waals surface area contributed by atoms with Gasteiger partial charge in [0.1, 0.15) is 11.7 Å². The Hall–Kier alpha value is -2.89. The summed E-state index contributed by atoms with van der Waals surface area (Å²) >= 11 is 0. The summed E-state index contributed by atoms with van der Waals surface area (Å²) in [7, 11) is 1.67. The number of likely N-dealkylation sites (N-methyl/N-ethyl adjacent to an activating group) is 1. The molecule has 9 nitrogen and oxygen atoms in total. The molecule has 1 saturated carbocycles. The van der Waals surface area contributed by atoms with Gasteiger partial charge in [-0.25, -0.2) is 4.98 Å². The third kappa shape index (κ3) is 3.91. The van der Waals surface area contributed by atoms with Crippen LogP contribution in [0.1, 0.15) is 31.0 Å². The fourth-order valence-electron chi connectivity index (χ4n) is 3.84. The van der Waals surface area contributed by atoms with E-state index in [4.69, 9.17) is 0 Å². The number of nitrogens with one attached hydrogen (secondary N) is 2. The Morgan fingerprint density at radius 1 is 1.39 bits per heavy atom. The summed E-state index contributed by atoms with van der Waals surface area (Å²) in [5.74, 6) is 0.430. The lowest BCUT2D eigenvalue weighted by molar-refractivity contribution is -0.191. The number of amides is 1. The first-order valence-corrected chi connectivity index (χ1v) is 9.93. The van der Waals surface area contributed by atoms with Gasteiger partial charge in [0.25, 0.3) is 0 Å². The molecule has 0 unspecified atom stereocenters. The van der Waals surface area contributed by atoms with Crippen LogP contribution in [0.15, 0.2) is 12.4 Å². The van der Waals surface area contributed by atoms with Gasteiger partial charge in [0.15, 0.2) is 5.82 Å². The number of aromatic nitrogens is 4. The molecule has 3 N–H and O–H groups in total. The van der Waals surface area contributed by atoms with Gasteiger partial charge >= 0.3 is 6.18 Å². The molecule has 0 spiro atoms.